The van der Waals surface area contributed by atoms with Crippen LogP contribution in [0.3, 0.4) is 0 Å². The topological polar surface area (TPSA) is 55.8 Å². The van der Waals surface area contributed by atoms with Gasteiger partial charge in [-0.3, -0.25) is 9.59 Å². The number of ether oxygens (including phenoxy) is 2. The maximum Gasteiger partial charge on any atom is 0.314 e. The molecular weight excluding hydrogens is 318 g/mol. The lowest BCUT2D eigenvalue weighted by atomic mass is 9.48. The molecule has 1 amide bonds. The van der Waals surface area contributed by atoms with Gasteiger partial charge in [0.1, 0.15) is 5.75 Å². The highest BCUT2D eigenvalue weighted by molar-refractivity contribution is 5.96. The first-order chi connectivity index (χ1) is 11.9. The Morgan fingerprint density at radius 1 is 1.32 bits per heavy atom. The largest absolute Gasteiger partial charge is 0.493 e. The van der Waals surface area contributed by atoms with Gasteiger partial charge in [0.25, 0.3) is 5.91 Å². The number of carbonyl (C=O) groups excluding carboxylic acids is 2. The summed E-state index contributed by atoms with van der Waals surface area (Å²) in [5.41, 5.74) is 1.32. The molecule has 0 aromatic heterocycles. The van der Waals surface area contributed by atoms with Crippen molar-refractivity contribution in [2.24, 2.45) is 16.7 Å². The van der Waals surface area contributed by atoms with E-state index in [1.54, 1.807) is 0 Å². The number of hydrogen-bond acceptors (Lipinski definition) is 4. The Morgan fingerprint density at radius 3 is 2.84 bits per heavy atom. The number of hydrogen-bond donors (Lipinski definition) is 0. The molecule has 2 fully saturated rings. The van der Waals surface area contributed by atoms with Crippen LogP contribution in [0.5, 0.6) is 5.75 Å². The molecule has 0 spiro atoms. The van der Waals surface area contributed by atoms with Crippen LogP contribution in [-0.4, -0.2) is 43.6 Å². The second-order valence-corrected chi connectivity index (χ2v) is 8.33. The summed E-state index contributed by atoms with van der Waals surface area (Å²) in [6.07, 6.45) is 2.70. The van der Waals surface area contributed by atoms with Crippen LogP contribution in [0.1, 0.15) is 42.6 Å². The van der Waals surface area contributed by atoms with E-state index in [9.17, 15) is 9.59 Å². The zero-order valence-electron chi connectivity index (χ0n) is 15.1. The fourth-order valence-corrected chi connectivity index (χ4v) is 5.20. The van der Waals surface area contributed by atoms with Gasteiger partial charge in [-0.2, -0.15) is 0 Å². The molecule has 0 bridgehead atoms. The number of methoxy groups -OCH3 is 1. The minimum Gasteiger partial charge on any atom is -0.493 e. The average molecular weight is 343 g/mol. The molecule has 25 heavy (non-hydrogen) atoms. The molecule has 5 heteroatoms. The maximum atomic E-state index is 13.0. The zero-order chi connectivity index (χ0) is 17.8. The molecule has 1 aliphatic carbocycles. The summed E-state index contributed by atoms with van der Waals surface area (Å²) in [6, 6.07) is 5.68. The third kappa shape index (κ3) is 2.35. The Hall–Kier alpha value is -2.04. The molecule has 2 aliphatic heterocycles. The molecule has 134 valence electrons. The van der Waals surface area contributed by atoms with Crippen molar-refractivity contribution in [1.82, 2.24) is 4.90 Å². The van der Waals surface area contributed by atoms with E-state index in [4.69, 9.17) is 9.47 Å². The smallest absolute Gasteiger partial charge is 0.314 e. The first-order valence-corrected chi connectivity index (χ1v) is 9.01. The van der Waals surface area contributed by atoms with Crippen molar-refractivity contribution in [3.05, 3.63) is 29.3 Å². The average Bonchev–Trinajstić information content (AvgIpc) is 2.96. The van der Waals surface area contributed by atoms with Crippen molar-refractivity contribution in [3.8, 4) is 5.75 Å². The zero-order valence-corrected chi connectivity index (χ0v) is 15.1. The molecule has 4 rings (SSSR count). The summed E-state index contributed by atoms with van der Waals surface area (Å²) in [7, 11) is 1.44. The summed E-state index contributed by atoms with van der Waals surface area (Å²) >= 11 is 0. The van der Waals surface area contributed by atoms with Gasteiger partial charge in [-0.1, -0.05) is 13.8 Å². The molecular formula is C20H25NO4. The van der Waals surface area contributed by atoms with Crippen molar-refractivity contribution in [1.29, 1.82) is 0 Å². The third-order valence-corrected chi connectivity index (χ3v) is 6.29. The summed E-state index contributed by atoms with van der Waals surface area (Å²) in [5, 5.41) is 0. The van der Waals surface area contributed by atoms with Gasteiger partial charge in [0.05, 0.1) is 19.1 Å². The van der Waals surface area contributed by atoms with E-state index in [1.165, 1.54) is 7.11 Å². The molecule has 5 nitrogen and oxygen atoms in total. The van der Waals surface area contributed by atoms with Crippen molar-refractivity contribution < 1.29 is 19.1 Å². The molecule has 1 aromatic rings. The predicted octanol–water partition coefficient (Wildman–Crippen LogP) is 2.67. The van der Waals surface area contributed by atoms with E-state index in [1.807, 2.05) is 23.1 Å². The first kappa shape index (κ1) is 16.4. The minimum atomic E-state index is -0.523. The van der Waals surface area contributed by atoms with Crippen LogP contribution in [0.4, 0.5) is 0 Å². The van der Waals surface area contributed by atoms with E-state index in [2.05, 4.69) is 13.8 Å². The highest BCUT2D eigenvalue weighted by Gasteiger charge is 2.68. The lowest BCUT2D eigenvalue weighted by Gasteiger charge is -2.54. The standard InChI is InChI=1S/C20H25NO4/c1-19(2)11-20(18(23)24-3)12-21(10-16(19)20)17(22)14-6-7-15-13(9-14)5-4-8-25-15/h6-7,9,16H,4-5,8,10-12H2,1-3H3/t16-,20+/m1/s1. The molecule has 2 heterocycles. The Balaban J connectivity index is 1.59. The minimum absolute atomic E-state index is 0.00171. The second-order valence-electron chi connectivity index (χ2n) is 8.33. The molecule has 0 radical (unpaired) electrons. The van der Waals surface area contributed by atoms with Crippen LogP contribution in [0.2, 0.25) is 0 Å². The number of carbonyl (C=O) groups is 2. The number of amides is 1. The summed E-state index contributed by atoms with van der Waals surface area (Å²) in [4.78, 5) is 27.3. The number of esters is 1. The molecule has 1 saturated heterocycles. The van der Waals surface area contributed by atoms with Gasteiger partial charge in [0.2, 0.25) is 0 Å². The van der Waals surface area contributed by atoms with Crippen LogP contribution < -0.4 is 4.74 Å². The van der Waals surface area contributed by atoms with Crippen molar-refractivity contribution in [2.45, 2.75) is 33.1 Å². The number of rotatable bonds is 2. The lowest BCUT2D eigenvalue weighted by molar-refractivity contribution is -0.174. The number of fused-ring (bicyclic) bond motifs is 2. The van der Waals surface area contributed by atoms with E-state index < -0.39 is 5.41 Å². The Kier molecular flexibility index (Phi) is 3.60. The maximum absolute atomic E-state index is 13.0. The van der Waals surface area contributed by atoms with E-state index in [0.717, 1.165) is 37.2 Å². The normalized spacial score (nSPS) is 29.1. The molecule has 2 atom stereocenters. The highest BCUT2D eigenvalue weighted by Crippen LogP contribution is 2.63. The van der Waals surface area contributed by atoms with E-state index in [-0.39, 0.29) is 23.2 Å². The molecule has 0 unspecified atom stereocenters. The van der Waals surface area contributed by atoms with Gasteiger partial charge in [-0.15, -0.1) is 0 Å². The van der Waals surface area contributed by atoms with Crippen LogP contribution >= 0.6 is 0 Å². The molecule has 3 aliphatic rings. The van der Waals surface area contributed by atoms with Crippen molar-refractivity contribution in [2.75, 3.05) is 26.8 Å². The van der Waals surface area contributed by atoms with Crippen molar-refractivity contribution >= 4 is 11.9 Å². The monoisotopic (exact) mass is 343 g/mol. The number of nitrogens with zero attached hydrogens (tertiary/aromatic N) is 1. The lowest BCUT2D eigenvalue weighted by Crippen LogP contribution is -2.57. The summed E-state index contributed by atoms with van der Waals surface area (Å²) in [5.74, 6) is 0.877. The fraction of sp³-hybridized carbons (Fsp3) is 0.600. The quantitative estimate of drug-likeness (QED) is 0.775. The van der Waals surface area contributed by atoms with E-state index in [0.29, 0.717) is 18.7 Å². The number of benzene rings is 1. The van der Waals surface area contributed by atoms with Gasteiger partial charge in [0.15, 0.2) is 0 Å². The van der Waals surface area contributed by atoms with Gasteiger partial charge in [0, 0.05) is 18.7 Å². The Bertz CT molecular complexity index is 741. The molecule has 1 saturated carbocycles. The first-order valence-electron chi connectivity index (χ1n) is 9.01. The summed E-state index contributed by atoms with van der Waals surface area (Å²) in [6.45, 7) is 6.16. The van der Waals surface area contributed by atoms with Crippen molar-refractivity contribution in [3.63, 3.8) is 0 Å². The Labute approximate surface area is 148 Å². The van der Waals surface area contributed by atoms with Gasteiger partial charge >= 0.3 is 5.97 Å². The van der Waals surface area contributed by atoms with E-state index >= 15 is 0 Å². The second kappa shape index (κ2) is 5.48. The van der Waals surface area contributed by atoms with Crippen LogP contribution in [0, 0.1) is 16.7 Å². The van der Waals surface area contributed by atoms with Gasteiger partial charge in [-0.05, 0) is 54.4 Å². The Morgan fingerprint density at radius 2 is 2.12 bits per heavy atom. The number of aryl methyl sites for hydroxylation is 1. The SMILES string of the molecule is COC(=O)[C@@]12CN(C(=O)c3ccc4c(c3)CCCO4)C[C@@H]1C(C)(C)C2. The fourth-order valence-electron chi connectivity index (χ4n) is 5.20. The van der Waals surface area contributed by atoms with Crippen LogP contribution in [0.25, 0.3) is 0 Å². The van der Waals surface area contributed by atoms with Crippen LogP contribution in [0.15, 0.2) is 18.2 Å². The van der Waals surface area contributed by atoms with Crippen LogP contribution in [-0.2, 0) is 16.0 Å². The van der Waals surface area contributed by atoms with Gasteiger partial charge in [-0.25, -0.2) is 0 Å². The summed E-state index contributed by atoms with van der Waals surface area (Å²) < 4.78 is 10.7. The predicted molar refractivity (Wildman–Crippen MR) is 92.5 cm³/mol. The highest BCUT2D eigenvalue weighted by atomic mass is 16.5. The number of likely N-dealkylation sites (tertiary alicyclic amines) is 1. The third-order valence-electron chi connectivity index (χ3n) is 6.29. The van der Waals surface area contributed by atoms with Gasteiger partial charge < -0.3 is 14.4 Å². The molecule has 1 aromatic carbocycles. The molecule has 0 N–H and O–H groups in total.